The second-order valence-corrected chi connectivity index (χ2v) is 8.05. The third-order valence-corrected chi connectivity index (χ3v) is 4.67. The molecule has 136 valence electrons. The highest BCUT2D eigenvalue weighted by molar-refractivity contribution is 7.99. The molecule has 0 aliphatic heterocycles. The molecule has 0 bridgehead atoms. The Morgan fingerprint density at radius 2 is 2.08 bits per heavy atom. The number of sulfonamides is 1. The van der Waals surface area contributed by atoms with E-state index in [4.69, 9.17) is 0 Å². The number of hydrogen-bond acceptors (Lipinski definition) is 6. The van der Waals surface area contributed by atoms with Crippen molar-refractivity contribution in [2.75, 3.05) is 18.6 Å². The van der Waals surface area contributed by atoms with Crippen molar-refractivity contribution in [1.82, 2.24) is 25.2 Å². The molecule has 0 fully saturated rings. The van der Waals surface area contributed by atoms with Crippen molar-refractivity contribution in [3.63, 3.8) is 0 Å². The zero-order valence-electron chi connectivity index (χ0n) is 13.4. The standard InChI is InChI=1S/C14H18FN5O3S2/c1-25(22,23)20-12(10-2-4-11(15)5-3-10)8-13(21)16-6-7-24-14-17-9-18-19-14/h2-5,9,12,20H,6-8H2,1H3,(H,16,21)(H,17,18,19)/t12-/m0/s1. The molecule has 0 spiro atoms. The van der Waals surface area contributed by atoms with E-state index in [1.807, 2.05) is 0 Å². The summed E-state index contributed by atoms with van der Waals surface area (Å²) in [5.74, 6) is -0.166. The lowest BCUT2D eigenvalue weighted by Crippen LogP contribution is -2.34. The number of carbonyl (C=O) groups is 1. The van der Waals surface area contributed by atoms with Crippen LogP contribution in [0.25, 0.3) is 0 Å². The maximum atomic E-state index is 13.0. The lowest BCUT2D eigenvalue weighted by atomic mass is 10.0. The minimum absolute atomic E-state index is 0.0916. The van der Waals surface area contributed by atoms with E-state index < -0.39 is 21.9 Å². The highest BCUT2D eigenvalue weighted by Crippen LogP contribution is 2.18. The second-order valence-electron chi connectivity index (χ2n) is 5.19. The van der Waals surface area contributed by atoms with Gasteiger partial charge in [-0.15, -0.1) is 0 Å². The first-order valence-corrected chi connectivity index (χ1v) is 10.2. The summed E-state index contributed by atoms with van der Waals surface area (Å²) >= 11 is 1.40. The van der Waals surface area contributed by atoms with Crippen LogP contribution in [0.3, 0.4) is 0 Å². The van der Waals surface area contributed by atoms with Gasteiger partial charge < -0.3 is 5.32 Å². The van der Waals surface area contributed by atoms with Gasteiger partial charge in [0.1, 0.15) is 12.1 Å². The summed E-state index contributed by atoms with van der Waals surface area (Å²) < 4.78 is 38.5. The summed E-state index contributed by atoms with van der Waals surface area (Å²) in [6, 6.07) is 4.57. The molecule has 25 heavy (non-hydrogen) atoms. The van der Waals surface area contributed by atoms with E-state index in [-0.39, 0.29) is 12.3 Å². The Morgan fingerprint density at radius 1 is 1.36 bits per heavy atom. The number of nitrogens with zero attached hydrogens (tertiary/aromatic N) is 2. The van der Waals surface area contributed by atoms with E-state index in [1.54, 1.807) is 0 Å². The Kier molecular flexibility index (Phi) is 6.91. The fraction of sp³-hybridized carbons (Fsp3) is 0.357. The monoisotopic (exact) mass is 387 g/mol. The first-order chi connectivity index (χ1) is 11.8. The van der Waals surface area contributed by atoms with Crippen LogP contribution in [0.2, 0.25) is 0 Å². The van der Waals surface area contributed by atoms with Crippen LogP contribution in [0.15, 0.2) is 35.7 Å². The number of aromatic nitrogens is 3. The number of hydrogen-bond donors (Lipinski definition) is 3. The Balaban J connectivity index is 1.88. The highest BCUT2D eigenvalue weighted by Gasteiger charge is 2.19. The molecule has 0 saturated heterocycles. The Hall–Kier alpha value is -1.98. The summed E-state index contributed by atoms with van der Waals surface area (Å²) in [7, 11) is -3.53. The van der Waals surface area contributed by atoms with Gasteiger partial charge in [0.05, 0.1) is 12.3 Å². The van der Waals surface area contributed by atoms with Gasteiger partial charge in [-0.2, -0.15) is 5.10 Å². The van der Waals surface area contributed by atoms with E-state index in [0.29, 0.717) is 23.0 Å². The number of nitrogens with one attached hydrogen (secondary N) is 3. The van der Waals surface area contributed by atoms with E-state index in [0.717, 1.165) is 6.26 Å². The van der Waals surface area contributed by atoms with Crippen LogP contribution in [0.4, 0.5) is 4.39 Å². The first kappa shape index (κ1) is 19.3. The molecular weight excluding hydrogens is 369 g/mol. The van der Waals surface area contributed by atoms with Crippen molar-refractivity contribution in [3.8, 4) is 0 Å². The summed E-state index contributed by atoms with van der Waals surface area (Å²) in [6.07, 6.45) is 2.31. The van der Waals surface area contributed by atoms with Crippen LogP contribution in [-0.4, -0.2) is 48.1 Å². The molecule has 2 rings (SSSR count). The average Bonchev–Trinajstić information content (AvgIpc) is 3.04. The molecular formula is C14H18FN5O3S2. The number of aromatic amines is 1. The lowest BCUT2D eigenvalue weighted by molar-refractivity contribution is -0.121. The van der Waals surface area contributed by atoms with Crippen molar-refractivity contribution < 1.29 is 17.6 Å². The number of amides is 1. The van der Waals surface area contributed by atoms with Gasteiger partial charge in [0.25, 0.3) is 0 Å². The normalized spacial score (nSPS) is 12.7. The third kappa shape index (κ3) is 7.20. The Morgan fingerprint density at radius 3 is 2.68 bits per heavy atom. The molecule has 1 heterocycles. The first-order valence-electron chi connectivity index (χ1n) is 7.31. The number of carbonyl (C=O) groups excluding carboxylic acids is 1. The van der Waals surface area contributed by atoms with Gasteiger partial charge in [-0.25, -0.2) is 22.5 Å². The van der Waals surface area contributed by atoms with Crippen LogP contribution in [0.1, 0.15) is 18.0 Å². The van der Waals surface area contributed by atoms with E-state index in [1.165, 1.54) is 42.4 Å². The molecule has 1 atom stereocenters. The third-order valence-electron chi connectivity index (χ3n) is 3.07. The largest absolute Gasteiger partial charge is 0.355 e. The smallest absolute Gasteiger partial charge is 0.221 e. The molecule has 0 saturated carbocycles. The van der Waals surface area contributed by atoms with Crippen LogP contribution in [0, 0.1) is 5.82 Å². The van der Waals surface area contributed by atoms with Crippen molar-refractivity contribution in [2.45, 2.75) is 17.6 Å². The fourth-order valence-corrected chi connectivity index (χ4v) is 3.41. The van der Waals surface area contributed by atoms with Gasteiger partial charge in [0, 0.05) is 18.7 Å². The van der Waals surface area contributed by atoms with Gasteiger partial charge in [-0.1, -0.05) is 23.9 Å². The molecule has 0 unspecified atom stereocenters. The number of benzene rings is 1. The zero-order valence-corrected chi connectivity index (χ0v) is 15.0. The van der Waals surface area contributed by atoms with Crippen LogP contribution in [-0.2, 0) is 14.8 Å². The fourth-order valence-electron chi connectivity index (χ4n) is 2.04. The minimum Gasteiger partial charge on any atom is -0.355 e. The number of thioether (sulfide) groups is 1. The topological polar surface area (TPSA) is 117 Å². The van der Waals surface area contributed by atoms with E-state index in [9.17, 15) is 17.6 Å². The molecule has 1 aromatic carbocycles. The summed E-state index contributed by atoms with van der Waals surface area (Å²) in [6.45, 7) is 0.388. The van der Waals surface area contributed by atoms with Crippen molar-refractivity contribution in [2.24, 2.45) is 0 Å². The second kappa shape index (κ2) is 8.92. The van der Waals surface area contributed by atoms with Gasteiger partial charge in [0.2, 0.25) is 15.9 Å². The Bertz CT molecular complexity index is 781. The SMILES string of the molecule is CS(=O)(=O)N[C@@H](CC(=O)NCCSc1ncn[nH]1)c1ccc(F)cc1. The predicted molar refractivity (Wildman–Crippen MR) is 91.9 cm³/mol. The molecule has 0 radical (unpaired) electrons. The maximum Gasteiger partial charge on any atom is 0.221 e. The number of halogens is 1. The molecule has 2 aromatic rings. The molecule has 3 N–H and O–H groups in total. The van der Waals surface area contributed by atoms with Gasteiger partial charge >= 0.3 is 0 Å². The zero-order chi connectivity index (χ0) is 18.3. The van der Waals surface area contributed by atoms with Crippen molar-refractivity contribution in [3.05, 3.63) is 42.0 Å². The van der Waals surface area contributed by atoms with Crippen LogP contribution >= 0.6 is 11.8 Å². The number of H-pyrrole nitrogens is 1. The molecule has 0 aliphatic carbocycles. The van der Waals surface area contributed by atoms with Gasteiger partial charge in [0.15, 0.2) is 5.16 Å². The molecule has 0 aliphatic rings. The molecule has 1 amide bonds. The van der Waals surface area contributed by atoms with Crippen molar-refractivity contribution >= 4 is 27.7 Å². The van der Waals surface area contributed by atoms with E-state index >= 15 is 0 Å². The average molecular weight is 387 g/mol. The quantitative estimate of drug-likeness (QED) is 0.433. The minimum atomic E-state index is -3.53. The van der Waals surface area contributed by atoms with Gasteiger partial charge in [-0.05, 0) is 17.7 Å². The molecule has 8 nitrogen and oxygen atoms in total. The molecule has 11 heteroatoms. The van der Waals surface area contributed by atoms with Crippen LogP contribution in [0.5, 0.6) is 0 Å². The Labute approximate surface area is 149 Å². The lowest BCUT2D eigenvalue weighted by Gasteiger charge is -2.17. The van der Waals surface area contributed by atoms with Crippen LogP contribution < -0.4 is 10.0 Å². The highest BCUT2D eigenvalue weighted by atomic mass is 32.2. The predicted octanol–water partition coefficient (Wildman–Crippen LogP) is 0.833. The summed E-state index contributed by atoms with van der Waals surface area (Å²) in [4.78, 5) is 16.0. The number of rotatable bonds is 9. The maximum absolute atomic E-state index is 13.0. The van der Waals surface area contributed by atoms with Gasteiger partial charge in [-0.3, -0.25) is 9.89 Å². The van der Waals surface area contributed by atoms with Crippen molar-refractivity contribution in [1.29, 1.82) is 0 Å². The van der Waals surface area contributed by atoms with E-state index in [2.05, 4.69) is 25.2 Å². The summed E-state index contributed by atoms with van der Waals surface area (Å²) in [5.41, 5.74) is 0.512. The summed E-state index contributed by atoms with van der Waals surface area (Å²) in [5, 5.41) is 9.77. The molecule has 1 aromatic heterocycles.